The Hall–Kier alpha value is -3.64. The van der Waals surface area contributed by atoms with E-state index in [9.17, 15) is 4.79 Å². The molecule has 5 rings (SSSR count). The smallest absolute Gasteiger partial charge is 0.251 e. The van der Waals surface area contributed by atoms with Crippen molar-refractivity contribution in [3.63, 3.8) is 0 Å². The van der Waals surface area contributed by atoms with Crippen molar-refractivity contribution in [3.05, 3.63) is 83.9 Å². The highest BCUT2D eigenvalue weighted by Gasteiger charge is 2.18. The van der Waals surface area contributed by atoms with E-state index in [-0.39, 0.29) is 12.0 Å². The van der Waals surface area contributed by atoms with E-state index in [0.717, 1.165) is 60.3 Å². The summed E-state index contributed by atoms with van der Waals surface area (Å²) in [6.45, 7) is 4.90. The number of ether oxygens (including phenoxy) is 1. The molecule has 0 bridgehead atoms. The Bertz CT molecular complexity index is 1290. The Morgan fingerprint density at radius 3 is 2.56 bits per heavy atom. The van der Waals surface area contributed by atoms with Crippen molar-refractivity contribution in [2.45, 2.75) is 38.2 Å². The van der Waals surface area contributed by atoms with Crippen LogP contribution in [0.3, 0.4) is 0 Å². The van der Waals surface area contributed by atoms with Gasteiger partial charge in [0, 0.05) is 42.1 Å². The van der Waals surface area contributed by atoms with Crippen LogP contribution in [0.25, 0.3) is 22.2 Å². The lowest BCUT2D eigenvalue weighted by Crippen LogP contribution is -2.35. The van der Waals surface area contributed by atoms with E-state index in [1.54, 1.807) is 0 Å². The molecule has 1 aromatic heterocycles. The number of nitrogens with zero attached hydrogens (tertiary/aromatic N) is 2. The fraction of sp³-hybridized carbons (Fsp3) is 0.333. The summed E-state index contributed by atoms with van der Waals surface area (Å²) in [7, 11) is 2.15. The molecule has 0 aliphatic carbocycles. The van der Waals surface area contributed by atoms with Gasteiger partial charge in [-0.2, -0.15) is 5.10 Å². The maximum Gasteiger partial charge on any atom is 0.251 e. The molecule has 3 aromatic carbocycles. The summed E-state index contributed by atoms with van der Waals surface area (Å²) < 4.78 is 6.19. The number of benzene rings is 3. The van der Waals surface area contributed by atoms with Gasteiger partial charge in [0.15, 0.2) is 0 Å². The highest BCUT2D eigenvalue weighted by molar-refractivity contribution is 6.01. The molecule has 1 saturated heterocycles. The summed E-state index contributed by atoms with van der Waals surface area (Å²) in [5.41, 5.74) is 4.61. The van der Waals surface area contributed by atoms with Crippen LogP contribution >= 0.6 is 0 Å². The number of amides is 1. The highest BCUT2D eigenvalue weighted by Crippen LogP contribution is 2.29. The van der Waals surface area contributed by atoms with Gasteiger partial charge in [0.2, 0.25) is 0 Å². The van der Waals surface area contributed by atoms with E-state index in [1.807, 2.05) is 60.7 Å². The van der Waals surface area contributed by atoms with E-state index >= 15 is 0 Å². The van der Waals surface area contributed by atoms with Gasteiger partial charge in [-0.1, -0.05) is 37.3 Å². The van der Waals surface area contributed by atoms with Crippen LogP contribution in [0.2, 0.25) is 0 Å². The van der Waals surface area contributed by atoms with Gasteiger partial charge >= 0.3 is 0 Å². The molecule has 1 atom stereocenters. The summed E-state index contributed by atoms with van der Waals surface area (Å²) in [6.07, 6.45) is 3.34. The Morgan fingerprint density at radius 2 is 1.83 bits per heavy atom. The Morgan fingerprint density at radius 1 is 1.08 bits per heavy atom. The minimum Gasteiger partial charge on any atom is -0.490 e. The van der Waals surface area contributed by atoms with Gasteiger partial charge in [0.05, 0.1) is 11.2 Å². The first kappa shape index (κ1) is 24.1. The number of hydrogen-bond acceptors (Lipinski definition) is 4. The molecular weight excluding hydrogens is 448 g/mol. The number of carbonyl (C=O) groups is 1. The summed E-state index contributed by atoms with van der Waals surface area (Å²) in [6, 6.07) is 24.1. The third kappa shape index (κ3) is 5.44. The zero-order valence-corrected chi connectivity index (χ0v) is 21.0. The number of aromatic nitrogens is 2. The van der Waals surface area contributed by atoms with E-state index < -0.39 is 0 Å². The monoisotopic (exact) mass is 482 g/mol. The average molecular weight is 483 g/mol. The van der Waals surface area contributed by atoms with Crippen LogP contribution in [0.1, 0.15) is 48.0 Å². The molecule has 1 aliphatic heterocycles. The molecule has 0 spiro atoms. The number of H-pyrrole nitrogens is 1. The molecule has 0 radical (unpaired) electrons. The average Bonchev–Trinajstić information content (AvgIpc) is 3.35. The summed E-state index contributed by atoms with van der Waals surface area (Å²) >= 11 is 0. The number of piperidine rings is 1. The van der Waals surface area contributed by atoms with E-state index in [4.69, 9.17) is 4.74 Å². The van der Waals surface area contributed by atoms with E-state index in [0.29, 0.717) is 18.0 Å². The van der Waals surface area contributed by atoms with Crippen LogP contribution in [-0.2, 0) is 0 Å². The molecule has 36 heavy (non-hydrogen) atoms. The second-order valence-electron chi connectivity index (χ2n) is 9.70. The first-order valence-corrected chi connectivity index (χ1v) is 12.9. The Kier molecular flexibility index (Phi) is 7.33. The molecule has 186 valence electrons. The molecule has 1 aliphatic rings. The van der Waals surface area contributed by atoms with Crippen molar-refractivity contribution in [1.29, 1.82) is 0 Å². The van der Waals surface area contributed by atoms with Crippen LogP contribution in [0.4, 0.5) is 0 Å². The summed E-state index contributed by atoms with van der Waals surface area (Å²) in [5, 5.41) is 11.7. The highest BCUT2D eigenvalue weighted by atomic mass is 16.5. The van der Waals surface area contributed by atoms with Crippen molar-refractivity contribution in [3.8, 4) is 17.0 Å². The lowest BCUT2D eigenvalue weighted by atomic mass is 9.96. The van der Waals surface area contributed by atoms with Crippen molar-refractivity contribution in [2.75, 3.05) is 26.7 Å². The quantitative estimate of drug-likeness (QED) is 0.342. The SMILES string of the molecule is CCC(CNC(=O)c1ccc2[nH]nc(-c3ccc(OC4CCN(C)CC4)cc3)c2c1)c1ccccc1. The Balaban J connectivity index is 1.28. The van der Waals surface area contributed by atoms with Crippen LogP contribution in [0.15, 0.2) is 72.8 Å². The van der Waals surface area contributed by atoms with Gasteiger partial charge in [-0.3, -0.25) is 9.89 Å². The zero-order chi connectivity index (χ0) is 24.9. The zero-order valence-electron chi connectivity index (χ0n) is 21.0. The second kappa shape index (κ2) is 11.0. The third-order valence-electron chi connectivity index (χ3n) is 7.19. The van der Waals surface area contributed by atoms with Gasteiger partial charge in [-0.15, -0.1) is 0 Å². The van der Waals surface area contributed by atoms with Crippen molar-refractivity contribution in [2.24, 2.45) is 0 Å². The molecule has 2 heterocycles. The molecule has 1 amide bonds. The normalized spacial score (nSPS) is 15.6. The number of hydrogen-bond donors (Lipinski definition) is 2. The van der Waals surface area contributed by atoms with E-state index in [2.05, 4.69) is 46.5 Å². The van der Waals surface area contributed by atoms with Crippen LogP contribution in [-0.4, -0.2) is 53.8 Å². The Labute approximate surface area is 212 Å². The van der Waals surface area contributed by atoms with Gasteiger partial charge in [0.1, 0.15) is 11.9 Å². The van der Waals surface area contributed by atoms with Gasteiger partial charge in [0.25, 0.3) is 5.91 Å². The van der Waals surface area contributed by atoms with E-state index in [1.165, 1.54) is 5.56 Å². The molecule has 2 N–H and O–H groups in total. The summed E-state index contributed by atoms with van der Waals surface area (Å²) in [4.78, 5) is 15.3. The predicted octanol–water partition coefficient (Wildman–Crippen LogP) is 5.63. The number of likely N-dealkylation sites (tertiary alicyclic amines) is 1. The number of fused-ring (bicyclic) bond motifs is 1. The maximum absolute atomic E-state index is 13.0. The number of carbonyl (C=O) groups excluding carboxylic acids is 1. The van der Waals surface area contributed by atoms with Gasteiger partial charge in [-0.25, -0.2) is 0 Å². The lowest BCUT2D eigenvalue weighted by molar-refractivity contribution is 0.0951. The first-order chi connectivity index (χ1) is 17.6. The van der Waals surface area contributed by atoms with Gasteiger partial charge < -0.3 is 15.0 Å². The number of nitrogens with one attached hydrogen (secondary N) is 2. The maximum atomic E-state index is 13.0. The van der Waals surface area contributed by atoms with Crippen LogP contribution < -0.4 is 10.1 Å². The minimum atomic E-state index is -0.0692. The van der Waals surface area contributed by atoms with Crippen molar-refractivity contribution >= 4 is 16.8 Å². The molecule has 1 unspecified atom stereocenters. The fourth-order valence-corrected chi connectivity index (χ4v) is 4.90. The molecule has 6 nitrogen and oxygen atoms in total. The largest absolute Gasteiger partial charge is 0.490 e. The number of rotatable bonds is 8. The molecule has 0 saturated carbocycles. The topological polar surface area (TPSA) is 70.2 Å². The van der Waals surface area contributed by atoms with Crippen LogP contribution in [0.5, 0.6) is 5.75 Å². The van der Waals surface area contributed by atoms with Crippen molar-refractivity contribution < 1.29 is 9.53 Å². The molecule has 1 fully saturated rings. The first-order valence-electron chi connectivity index (χ1n) is 12.9. The minimum absolute atomic E-state index is 0.0692. The second-order valence-corrected chi connectivity index (χ2v) is 9.70. The molecule has 6 heteroatoms. The summed E-state index contributed by atoms with van der Waals surface area (Å²) in [5.74, 6) is 1.11. The van der Waals surface area contributed by atoms with Crippen molar-refractivity contribution in [1.82, 2.24) is 20.4 Å². The molecular formula is C30H34N4O2. The number of aromatic amines is 1. The fourth-order valence-electron chi connectivity index (χ4n) is 4.90. The lowest BCUT2D eigenvalue weighted by Gasteiger charge is -2.29. The third-order valence-corrected chi connectivity index (χ3v) is 7.19. The standard InChI is InChI=1S/C30H34N4O2/c1-3-21(22-7-5-4-6-8-22)20-31-30(35)24-11-14-28-27(19-24)29(33-32-28)23-9-12-25(13-10-23)36-26-15-17-34(2)18-16-26/h4-14,19,21,26H,3,15-18,20H2,1-2H3,(H,31,35)(H,32,33). The predicted molar refractivity (Wildman–Crippen MR) is 144 cm³/mol. The van der Waals surface area contributed by atoms with Crippen LogP contribution in [0, 0.1) is 0 Å². The van der Waals surface area contributed by atoms with Gasteiger partial charge in [-0.05, 0) is 74.3 Å². The molecule has 4 aromatic rings.